The molecule has 0 saturated heterocycles. The molecule has 0 radical (unpaired) electrons. The molecule has 0 amide bonds. The number of hydrogen-bond acceptors (Lipinski definition) is 1. The summed E-state index contributed by atoms with van der Waals surface area (Å²) in [6, 6.07) is 0. The molecule has 0 nitrogen and oxygen atoms in total. The smallest absolute Gasteiger partial charge is 0.0212 e. The van der Waals surface area contributed by atoms with E-state index in [1.807, 2.05) is 12.2 Å². The number of rotatable bonds is 2. The molecule has 0 bridgehead atoms. The highest BCUT2D eigenvalue weighted by atomic mass is 79.9. The van der Waals surface area contributed by atoms with Crippen LogP contribution >= 0.6 is 28.6 Å². The predicted octanol–water partition coefficient (Wildman–Crippen LogP) is 1.87. The van der Waals surface area contributed by atoms with Gasteiger partial charge in [0, 0.05) is 11.1 Å². The number of halogens is 1. The van der Waals surface area contributed by atoms with Crippen molar-refractivity contribution >= 4 is 28.6 Å². The van der Waals surface area contributed by atoms with E-state index in [0.29, 0.717) is 0 Å². The van der Waals surface area contributed by atoms with Gasteiger partial charge in [0.15, 0.2) is 0 Å². The highest BCUT2D eigenvalue weighted by Crippen LogP contribution is 1.81. The third-order valence-corrected chi connectivity index (χ3v) is 0.946. The summed E-state index contributed by atoms with van der Waals surface area (Å²) in [5.74, 6) is 0.839. The zero-order chi connectivity index (χ0) is 4.83. The monoisotopic (exact) mass is 166 g/mol. The molecule has 0 aromatic rings. The van der Waals surface area contributed by atoms with Gasteiger partial charge in [-0.25, -0.2) is 0 Å². The minimum Gasteiger partial charge on any atom is -0.175 e. The average molecular weight is 167 g/mol. The highest BCUT2D eigenvalue weighted by molar-refractivity contribution is 9.09. The standard InChI is InChI=1S/C4H7BrS/c5-3-1-2-4-6/h1-2,6H,3-4H2. The summed E-state index contributed by atoms with van der Waals surface area (Å²) in [6.07, 6.45) is 4.02. The maximum atomic E-state index is 3.95. The maximum Gasteiger partial charge on any atom is 0.0212 e. The lowest BCUT2D eigenvalue weighted by atomic mass is 10.6. The van der Waals surface area contributed by atoms with Crippen molar-refractivity contribution in [1.29, 1.82) is 0 Å². The predicted molar refractivity (Wildman–Crippen MR) is 36.8 cm³/mol. The van der Waals surface area contributed by atoms with Gasteiger partial charge in [-0.2, -0.15) is 12.6 Å². The molecule has 0 heterocycles. The van der Waals surface area contributed by atoms with Gasteiger partial charge < -0.3 is 0 Å². The zero-order valence-electron chi connectivity index (χ0n) is 3.39. The van der Waals surface area contributed by atoms with E-state index >= 15 is 0 Å². The van der Waals surface area contributed by atoms with Gasteiger partial charge in [0.25, 0.3) is 0 Å². The van der Waals surface area contributed by atoms with Crippen LogP contribution < -0.4 is 0 Å². The van der Waals surface area contributed by atoms with Gasteiger partial charge in [-0.3, -0.25) is 0 Å². The van der Waals surface area contributed by atoms with Crippen LogP contribution in [0.3, 0.4) is 0 Å². The lowest BCUT2D eigenvalue weighted by Gasteiger charge is -1.71. The first-order chi connectivity index (χ1) is 2.91. The molecule has 0 fully saturated rings. The molecule has 0 aliphatic heterocycles. The Balaban J connectivity index is 2.73. The van der Waals surface area contributed by atoms with Crippen molar-refractivity contribution in [3.05, 3.63) is 12.2 Å². The Hall–Kier alpha value is 0.570. The van der Waals surface area contributed by atoms with Crippen LogP contribution in [0.15, 0.2) is 12.2 Å². The van der Waals surface area contributed by atoms with E-state index in [-0.39, 0.29) is 0 Å². The van der Waals surface area contributed by atoms with E-state index in [9.17, 15) is 0 Å². The summed E-state index contributed by atoms with van der Waals surface area (Å²) >= 11 is 7.18. The molecule has 0 aliphatic rings. The molecule has 0 aromatic heterocycles. The lowest BCUT2D eigenvalue weighted by molar-refractivity contribution is 1.70. The van der Waals surface area contributed by atoms with Crippen molar-refractivity contribution in [1.82, 2.24) is 0 Å². The van der Waals surface area contributed by atoms with Crippen LogP contribution in [0.4, 0.5) is 0 Å². The fourth-order valence-corrected chi connectivity index (χ4v) is 0.551. The van der Waals surface area contributed by atoms with Crippen LogP contribution in [0, 0.1) is 0 Å². The third-order valence-electron chi connectivity index (χ3n) is 0.361. The van der Waals surface area contributed by atoms with E-state index in [1.165, 1.54) is 0 Å². The van der Waals surface area contributed by atoms with Gasteiger partial charge in [-0.1, -0.05) is 28.1 Å². The lowest BCUT2D eigenvalue weighted by Crippen LogP contribution is -1.59. The largest absolute Gasteiger partial charge is 0.175 e. The molecule has 0 rings (SSSR count). The molecule has 0 aromatic carbocycles. The number of thiol groups is 1. The fraction of sp³-hybridized carbons (Fsp3) is 0.500. The summed E-state index contributed by atoms with van der Waals surface area (Å²) in [6.45, 7) is 0. The molecule has 0 N–H and O–H groups in total. The van der Waals surface area contributed by atoms with E-state index in [1.54, 1.807) is 0 Å². The molecule has 6 heavy (non-hydrogen) atoms. The van der Waals surface area contributed by atoms with Crippen LogP contribution in [0.5, 0.6) is 0 Å². The molecule has 0 unspecified atom stereocenters. The Bertz CT molecular complexity index is 36.8. The second-order valence-corrected chi connectivity index (χ2v) is 1.82. The molecular weight excluding hydrogens is 160 g/mol. The van der Waals surface area contributed by atoms with Crippen molar-refractivity contribution in [2.75, 3.05) is 11.1 Å². The normalized spacial score (nSPS) is 10.3. The van der Waals surface area contributed by atoms with E-state index < -0.39 is 0 Å². The minimum absolute atomic E-state index is 0.839. The second-order valence-electron chi connectivity index (χ2n) is 0.808. The van der Waals surface area contributed by atoms with Crippen LogP contribution in [0.2, 0.25) is 0 Å². The van der Waals surface area contributed by atoms with Crippen molar-refractivity contribution in [3.63, 3.8) is 0 Å². The average Bonchev–Trinajstić information content (AvgIpc) is 1.61. The third kappa shape index (κ3) is 4.57. The molecule has 36 valence electrons. The first-order valence-electron chi connectivity index (χ1n) is 1.73. The first kappa shape index (κ1) is 6.57. The van der Waals surface area contributed by atoms with Gasteiger partial charge in [0.1, 0.15) is 0 Å². The molecule has 0 spiro atoms. The van der Waals surface area contributed by atoms with Crippen LogP contribution in [-0.2, 0) is 0 Å². The van der Waals surface area contributed by atoms with Crippen LogP contribution in [-0.4, -0.2) is 11.1 Å². The SMILES string of the molecule is SCC=CCBr. The zero-order valence-corrected chi connectivity index (χ0v) is 5.87. The molecule has 0 aliphatic carbocycles. The number of alkyl halides is 1. The van der Waals surface area contributed by atoms with Gasteiger partial charge in [-0.15, -0.1) is 0 Å². The van der Waals surface area contributed by atoms with Gasteiger partial charge >= 0.3 is 0 Å². The van der Waals surface area contributed by atoms with Crippen molar-refractivity contribution in [3.8, 4) is 0 Å². The Kier molecular flexibility index (Phi) is 6.10. The summed E-state index contributed by atoms with van der Waals surface area (Å²) in [4.78, 5) is 0. The summed E-state index contributed by atoms with van der Waals surface area (Å²) in [5, 5.41) is 0.938. The number of allylic oxidation sites excluding steroid dienone is 1. The van der Waals surface area contributed by atoms with Crippen molar-refractivity contribution in [2.24, 2.45) is 0 Å². The van der Waals surface area contributed by atoms with Crippen LogP contribution in [0.25, 0.3) is 0 Å². The minimum atomic E-state index is 0.839. The fourth-order valence-electron chi connectivity index (χ4n) is 0.138. The Morgan fingerprint density at radius 3 is 2.33 bits per heavy atom. The Morgan fingerprint density at radius 1 is 1.50 bits per heavy atom. The van der Waals surface area contributed by atoms with Gasteiger partial charge in [0.2, 0.25) is 0 Å². The van der Waals surface area contributed by atoms with Crippen molar-refractivity contribution < 1.29 is 0 Å². The molecule has 0 saturated carbocycles. The molecular formula is C4H7BrS. The summed E-state index contributed by atoms with van der Waals surface area (Å²) < 4.78 is 0. The molecule has 0 atom stereocenters. The Morgan fingerprint density at radius 2 is 2.17 bits per heavy atom. The first-order valence-corrected chi connectivity index (χ1v) is 3.49. The van der Waals surface area contributed by atoms with Gasteiger partial charge in [-0.05, 0) is 0 Å². The van der Waals surface area contributed by atoms with Gasteiger partial charge in [0.05, 0.1) is 0 Å². The second kappa shape index (κ2) is 5.57. The Labute approximate surface area is 52.2 Å². The summed E-state index contributed by atoms with van der Waals surface area (Å²) in [5.41, 5.74) is 0. The quantitative estimate of drug-likeness (QED) is 0.362. The van der Waals surface area contributed by atoms with E-state index in [2.05, 4.69) is 28.6 Å². The highest BCUT2D eigenvalue weighted by Gasteiger charge is 1.61. The topological polar surface area (TPSA) is 0 Å². The summed E-state index contributed by atoms with van der Waals surface area (Å²) in [7, 11) is 0. The molecule has 2 heteroatoms. The van der Waals surface area contributed by atoms with E-state index in [4.69, 9.17) is 0 Å². The van der Waals surface area contributed by atoms with Crippen LogP contribution in [0.1, 0.15) is 0 Å². The van der Waals surface area contributed by atoms with E-state index in [0.717, 1.165) is 11.1 Å². The van der Waals surface area contributed by atoms with Crippen molar-refractivity contribution in [2.45, 2.75) is 0 Å². The maximum absolute atomic E-state index is 3.95. The number of hydrogen-bond donors (Lipinski definition) is 1.